The lowest BCUT2D eigenvalue weighted by atomic mass is 10.1. The molecule has 0 aliphatic heterocycles. The molecule has 0 aromatic heterocycles. The zero-order valence-electron chi connectivity index (χ0n) is 11.6. The Kier molecular flexibility index (Phi) is 7.11. The predicted molar refractivity (Wildman–Crippen MR) is 79.0 cm³/mol. The van der Waals surface area contributed by atoms with E-state index >= 15 is 0 Å². The Morgan fingerprint density at radius 1 is 1.35 bits per heavy atom. The van der Waals surface area contributed by atoms with Crippen molar-refractivity contribution in [2.45, 2.75) is 19.1 Å². The molecule has 0 aliphatic carbocycles. The number of benzene rings is 1. The molecule has 1 unspecified atom stereocenters. The summed E-state index contributed by atoms with van der Waals surface area (Å²) in [4.78, 5) is 23.1. The van der Waals surface area contributed by atoms with E-state index in [1.165, 1.54) is 0 Å². The molecule has 110 valence electrons. The van der Waals surface area contributed by atoms with Crippen LogP contribution in [0.15, 0.2) is 24.3 Å². The van der Waals surface area contributed by atoms with Gasteiger partial charge in [-0.3, -0.25) is 4.79 Å². The van der Waals surface area contributed by atoms with Gasteiger partial charge in [-0.05, 0) is 36.1 Å². The van der Waals surface area contributed by atoms with Crippen LogP contribution in [0.4, 0.5) is 0 Å². The Hall–Kier alpha value is -1.53. The minimum absolute atomic E-state index is 0.373. The number of methoxy groups -OCH3 is 1. The summed E-state index contributed by atoms with van der Waals surface area (Å²) in [5, 5.41) is 11.6. The van der Waals surface area contributed by atoms with E-state index in [0.29, 0.717) is 24.3 Å². The van der Waals surface area contributed by atoms with Crippen LogP contribution in [0.3, 0.4) is 0 Å². The Balaban J connectivity index is 2.65. The number of amides is 1. The molecule has 0 heterocycles. The highest BCUT2D eigenvalue weighted by Gasteiger charge is 2.19. The average Bonchev–Trinajstić information content (AvgIpc) is 2.44. The first-order valence-electron chi connectivity index (χ1n) is 6.19. The Morgan fingerprint density at radius 3 is 2.50 bits per heavy atom. The fourth-order valence-corrected chi connectivity index (χ4v) is 2.13. The molecule has 1 aromatic rings. The van der Waals surface area contributed by atoms with Crippen LogP contribution < -0.4 is 5.32 Å². The first-order chi connectivity index (χ1) is 9.58. The molecule has 0 fully saturated rings. The van der Waals surface area contributed by atoms with E-state index in [9.17, 15) is 9.59 Å². The molecule has 0 saturated carbocycles. The summed E-state index contributed by atoms with van der Waals surface area (Å²) < 4.78 is 4.99. The van der Waals surface area contributed by atoms with Gasteiger partial charge in [-0.25, -0.2) is 4.79 Å². The van der Waals surface area contributed by atoms with Gasteiger partial charge in [-0.2, -0.15) is 11.8 Å². The van der Waals surface area contributed by atoms with Crippen LogP contribution in [0.5, 0.6) is 0 Å². The highest BCUT2D eigenvalue weighted by molar-refractivity contribution is 7.98. The maximum absolute atomic E-state index is 12.0. The third kappa shape index (κ3) is 5.22. The van der Waals surface area contributed by atoms with Crippen LogP contribution in [0, 0.1) is 0 Å². The fraction of sp³-hybridized carbons (Fsp3) is 0.429. The second kappa shape index (κ2) is 8.60. The molecule has 1 rings (SSSR count). The molecule has 0 spiro atoms. The van der Waals surface area contributed by atoms with Gasteiger partial charge in [0.2, 0.25) is 0 Å². The quantitative estimate of drug-likeness (QED) is 0.765. The molecule has 20 heavy (non-hydrogen) atoms. The number of carbonyl (C=O) groups is 2. The molecule has 5 nitrogen and oxygen atoms in total. The summed E-state index contributed by atoms with van der Waals surface area (Å²) in [7, 11) is 1.60. The molecule has 1 aromatic carbocycles. The molecule has 0 saturated heterocycles. The topological polar surface area (TPSA) is 75.6 Å². The van der Waals surface area contributed by atoms with Crippen molar-refractivity contribution in [3.8, 4) is 0 Å². The average molecular weight is 297 g/mol. The van der Waals surface area contributed by atoms with E-state index in [1.54, 1.807) is 43.1 Å². The smallest absolute Gasteiger partial charge is 0.326 e. The van der Waals surface area contributed by atoms with Crippen LogP contribution in [0.25, 0.3) is 0 Å². The van der Waals surface area contributed by atoms with Gasteiger partial charge >= 0.3 is 5.97 Å². The number of rotatable bonds is 8. The SMILES string of the molecule is COCc1ccc(C(=O)NC(CCSC)C(=O)O)cc1. The monoisotopic (exact) mass is 297 g/mol. The summed E-state index contributed by atoms with van der Waals surface area (Å²) >= 11 is 1.55. The molecule has 0 radical (unpaired) electrons. The van der Waals surface area contributed by atoms with Crippen LogP contribution in [0.1, 0.15) is 22.3 Å². The zero-order chi connectivity index (χ0) is 15.0. The highest BCUT2D eigenvalue weighted by Crippen LogP contribution is 2.07. The molecule has 6 heteroatoms. The van der Waals surface area contributed by atoms with Crippen molar-refractivity contribution >= 4 is 23.6 Å². The van der Waals surface area contributed by atoms with Gasteiger partial charge in [-0.1, -0.05) is 12.1 Å². The van der Waals surface area contributed by atoms with Gasteiger partial charge in [0, 0.05) is 12.7 Å². The lowest BCUT2D eigenvalue weighted by Crippen LogP contribution is -2.41. The number of hydrogen-bond donors (Lipinski definition) is 2. The molecule has 0 aliphatic rings. The van der Waals surface area contributed by atoms with Crippen LogP contribution in [-0.4, -0.2) is 42.1 Å². The molecule has 2 N–H and O–H groups in total. The molecule has 0 bridgehead atoms. The fourth-order valence-electron chi connectivity index (χ4n) is 1.65. The predicted octanol–water partition coefficient (Wildman–Crippen LogP) is 1.77. The number of hydrogen-bond acceptors (Lipinski definition) is 4. The van der Waals surface area contributed by atoms with Gasteiger partial charge in [0.25, 0.3) is 5.91 Å². The van der Waals surface area contributed by atoms with Gasteiger partial charge in [-0.15, -0.1) is 0 Å². The summed E-state index contributed by atoms with van der Waals surface area (Å²) in [6.07, 6.45) is 2.30. The van der Waals surface area contributed by atoms with Crippen molar-refractivity contribution in [1.82, 2.24) is 5.32 Å². The number of carbonyl (C=O) groups excluding carboxylic acids is 1. The highest BCUT2D eigenvalue weighted by atomic mass is 32.2. The van der Waals surface area contributed by atoms with Crippen LogP contribution in [0.2, 0.25) is 0 Å². The number of aliphatic carboxylic acids is 1. The minimum atomic E-state index is -1.01. The first-order valence-corrected chi connectivity index (χ1v) is 7.58. The second-order valence-corrected chi connectivity index (χ2v) is 5.26. The van der Waals surface area contributed by atoms with Crippen molar-refractivity contribution < 1.29 is 19.4 Å². The minimum Gasteiger partial charge on any atom is -0.480 e. The van der Waals surface area contributed by atoms with Crippen LogP contribution >= 0.6 is 11.8 Å². The molecular weight excluding hydrogens is 278 g/mol. The lowest BCUT2D eigenvalue weighted by molar-refractivity contribution is -0.139. The van der Waals surface area contributed by atoms with Crippen molar-refractivity contribution in [1.29, 1.82) is 0 Å². The summed E-state index contributed by atoms with van der Waals surface area (Å²) in [6, 6.07) is 6.05. The van der Waals surface area contributed by atoms with E-state index in [0.717, 1.165) is 5.56 Å². The van der Waals surface area contributed by atoms with Crippen LogP contribution in [-0.2, 0) is 16.1 Å². The van der Waals surface area contributed by atoms with E-state index < -0.39 is 12.0 Å². The Morgan fingerprint density at radius 2 is 2.00 bits per heavy atom. The second-order valence-electron chi connectivity index (χ2n) is 4.28. The largest absolute Gasteiger partial charge is 0.480 e. The van der Waals surface area contributed by atoms with Gasteiger partial charge in [0.05, 0.1) is 6.61 Å². The standard InChI is InChI=1S/C14H19NO4S/c1-19-9-10-3-5-11(6-4-10)13(16)15-12(14(17)18)7-8-20-2/h3-6,12H,7-9H2,1-2H3,(H,15,16)(H,17,18). The molecule has 1 amide bonds. The van der Waals surface area contributed by atoms with E-state index in [1.807, 2.05) is 6.26 Å². The molecular formula is C14H19NO4S. The number of ether oxygens (including phenoxy) is 1. The first kappa shape index (κ1) is 16.5. The normalized spacial score (nSPS) is 11.9. The maximum atomic E-state index is 12.0. The van der Waals surface area contributed by atoms with Crippen molar-refractivity contribution in [3.63, 3.8) is 0 Å². The lowest BCUT2D eigenvalue weighted by Gasteiger charge is -2.14. The Bertz CT molecular complexity index is 447. The van der Waals surface area contributed by atoms with Gasteiger partial charge in [0.1, 0.15) is 6.04 Å². The number of nitrogens with one attached hydrogen (secondary N) is 1. The van der Waals surface area contributed by atoms with Gasteiger partial charge < -0.3 is 15.2 Å². The third-order valence-electron chi connectivity index (χ3n) is 2.74. The maximum Gasteiger partial charge on any atom is 0.326 e. The number of thioether (sulfide) groups is 1. The number of carboxylic acids is 1. The summed E-state index contributed by atoms with van der Waals surface area (Å²) in [5.41, 5.74) is 1.40. The molecule has 1 atom stereocenters. The zero-order valence-corrected chi connectivity index (χ0v) is 12.4. The van der Waals surface area contributed by atoms with E-state index in [-0.39, 0.29) is 5.91 Å². The van der Waals surface area contributed by atoms with Crippen molar-refractivity contribution in [2.75, 3.05) is 19.1 Å². The van der Waals surface area contributed by atoms with E-state index in [4.69, 9.17) is 9.84 Å². The number of carboxylic acid groups (broad SMARTS) is 1. The summed E-state index contributed by atoms with van der Waals surface area (Å²) in [6.45, 7) is 0.480. The van der Waals surface area contributed by atoms with Crippen molar-refractivity contribution in [2.24, 2.45) is 0 Å². The summed E-state index contributed by atoms with van der Waals surface area (Å²) in [5.74, 6) is -0.699. The van der Waals surface area contributed by atoms with Gasteiger partial charge in [0.15, 0.2) is 0 Å². The third-order valence-corrected chi connectivity index (χ3v) is 3.39. The van der Waals surface area contributed by atoms with Crippen molar-refractivity contribution in [3.05, 3.63) is 35.4 Å². The van der Waals surface area contributed by atoms with E-state index in [2.05, 4.69) is 5.32 Å². The Labute approximate surface area is 122 Å².